The number of H-pyrrole nitrogens is 1. The quantitative estimate of drug-likeness (QED) is 0.512. The molecule has 0 atom stereocenters. The fourth-order valence-corrected chi connectivity index (χ4v) is 3.30. The molecule has 0 saturated carbocycles. The number of nitrogens with zero attached hydrogens (tertiary/aromatic N) is 2. The first-order chi connectivity index (χ1) is 14.5. The second-order valence-electron chi connectivity index (χ2n) is 6.73. The molecule has 30 heavy (non-hydrogen) atoms. The molecule has 0 bridgehead atoms. The van der Waals surface area contributed by atoms with Gasteiger partial charge in [-0.05, 0) is 19.4 Å². The van der Waals surface area contributed by atoms with E-state index >= 15 is 0 Å². The normalized spacial score (nSPS) is 11.3. The Kier molecular flexibility index (Phi) is 6.86. The molecule has 9 heteroatoms. The Hall–Kier alpha value is -3.17. The second kappa shape index (κ2) is 9.55. The maximum absolute atomic E-state index is 13.0. The van der Waals surface area contributed by atoms with Crippen molar-refractivity contribution in [2.24, 2.45) is 7.05 Å². The molecule has 9 nitrogen and oxygen atoms in total. The summed E-state index contributed by atoms with van der Waals surface area (Å²) in [5, 5.41) is 2.73. The number of carbonyl (C=O) groups excluding carboxylic acids is 1. The molecule has 3 aromatic rings. The molecule has 0 aliphatic heterocycles. The van der Waals surface area contributed by atoms with Gasteiger partial charge in [0.2, 0.25) is 0 Å². The molecule has 0 radical (unpaired) electrons. The van der Waals surface area contributed by atoms with Gasteiger partial charge in [-0.1, -0.05) is 30.3 Å². The molecule has 0 saturated heterocycles. The predicted molar refractivity (Wildman–Crippen MR) is 113 cm³/mol. The van der Waals surface area contributed by atoms with E-state index in [1.54, 1.807) is 11.6 Å². The van der Waals surface area contributed by atoms with Crippen molar-refractivity contribution in [3.05, 3.63) is 68.5 Å². The van der Waals surface area contributed by atoms with Gasteiger partial charge in [0.05, 0.1) is 24.2 Å². The van der Waals surface area contributed by atoms with Crippen LogP contribution in [0.3, 0.4) is 0 Å². The lowest BCUT2D eigenvalue weighted by atomic mass is 10.2. The number of amides is 1. The molecule has 0 aliphatic rings. The number of hydrogen-bond acceptors (Lipinski definition) is 5. The van der Waals surface area contributed by atoms with E-state index in [0.29, 0.717) is 13.2 Å². The summed E-state index contributed by atoms with van der Waals surface area (Å²) in [6.07, 6.45) is 0.960. The molecule has 3 rings (SSSR count). The van der Waals surface area contributed by atoms with Crippen LogP contribution in [0.1, 0.15) is 29.8 Å². The molecular formula is C21H26N4O5. The van der Waals surface area contributed by atoms with Crippen molar-refractivity contribution >= 4 is 16.9 Å². The zero-order chi connectivity index (χ0) is 21.7. The van der Waals surface area contributed by atoms with Crippen molar-refractivity contribution in [3.63, 3.8) is 0 Å². The van der Waals surface area contributed by atoms with E-state index in [-0.39, 0.29) is 29.7 Å². The summed E-state index contributed by atoms with van der Waals surface area (Å²) in [7, 11) is 1.66. The van der Waals surface area contributed by atoms with Crippen LogP contribution < -0.4 is 16.6 Å². The minimum absolute atomic E-state index is 0.141. The third-order valence-electron chi connectivity index (χ3n) is 4.67. The molecule has 2 aromatic heterocycles. The highest BCUT2D eigenvalue weighted by atomic mass is 16.7. The summed E-state index contributed by atoms with van der Waals surface area (Å²) in [4.78, 5) is 41.0. The van der Waals surface area contributed by atoms with E-state index in [0.717, 1.165) is 10.1 Å². The topological polar surface area (TPSA) is 107 Å². The Morgan fingerprint density at radius 2 is 1.80 bits per heavy atom. The molecule has 1 aromatic carbocycles. The number of hydrogen-bond donors (Lipinski definition) is 2. The molecule has 0 unspecified atom stereocenters. The van der Waals surface area contributed by atoms with E-state index in [1.807, 2.05) is 44.2 Å². The number of benzene rings is 1. The molecule has 0 aliphatic carbocycles. The Balaban J connectivity index is 1.92. The Morgan fingerprint density at radius 1 is 1.13 bits per heavy atom. The maximum Gasteiger partial charge on any atom is 0.329 e. The van der Waals surface area contributed by atoms with Gasteiger partial charge in [0.25, 0.3) is 11.5 Å². The lowest BCUT2D eigenvalue weighted by Crippen LogP contribution is -2.37. The maximum atomic E-state index is 13.0. The standard InChI is InChI=1S/C21H26N4O5/c1-4-29-16(30-5-2)11-22-19(26)15-13-24(3)18-17(15)23-21(28)25(20(18)27)12-14-9-7-6-8-10-14/h6-10,13,16H,4-5,11-12H2,1-3H3,(H,22,26)(H,23,28). The molecular weight excluding hydrogens is 388 g/mol. The van der Waals surface area contributed by atoms with E-state index in [9.17, 15) is 14.4 Å². The van der Waals surface area contributed by atoms with Gasteiger partial charge < -0.3 is 24.3 Å². The molecule has 160 valence electrons. The molecule has 0 spiro atoms. The summed E-state index contributed by atoms with van der Waals surface area (Å²) < 4.78 is 13.5. The predicted octanol–water partition coefficient (Wildman–Crippen LogP) is 1.21. The van der Waals surface area contributed by atoms with Crippen LogP contribution in [0.2, 0.25) is 0 Å². The van der Waals surface area contributed by atoms with E-state index in [2.05, 4.69) is 10.3 Å². The summed E-state index contributed by atoms with van der Waals surface area (Å²) in [5.74, 6) is -0.430. The molecule has 2 heterocycles. The van der Waals surface area contributed by atoms with Crippen LogP contribution in [0.5, 0.6) is 0 Å². The van der Waals surface area contributed by atoms with Crippen molar-refractivity contribution in [3.8, 4) is 0 Å². The average molecular weight is 414 g/mol. The van der Waals surface area contributed by atoms with Crippen LogP contribution >= 0.6 is 0 Å². The first-order valence-electron chi connectivity index (χ1n) is 9.83. The van der Waals surface area contributed by atoms with E-state index in [4.69, 9.17) is 9.47 Å². The number of carbonyl (C=O) groups is 1. The minimum atomic E-state index is -0.571. The van der Waals surface area contributed by atoms with Gasteiger partial charge in [0, 0.05) is 26.5 Å². The highest BCUT2D eigenvalue weighted by Crippen LogP contribution is 2.14. The Bertz CT molecular complexity index is 1120. The van der Waals surface area contributed by atoms with Crippen molar-refractivity contribution in [1.82, 2.24) is 19.4 Å². The third-order valence-corrected chi connectivity index (χ3v) is 4.67. The number of aryl methyl sites for hydroxylation is 1. The number of fused-ring (bicyclic) bond motifs is 1. The van der Waals surface area contributed by atoms with Gasteiger partial charge in [0.1, 0.15) is 5.52 Å². The number of aromatic amines is 1. The van der Waals surface area contributed by atoms with Crippen LogP contribution in [0, 0.1) is 0 Å². The first-order valence-corrected chi connectivity index (χ1v) is 9.83. The zero-order valence-electron chi connectivity index (χ0n) is 17.3. The SMILES string of the molecule is CCOC(CNC(=O)c1cn(C)c2c(=O)n(Cc3ccccc3)c(=O)[nH]c12)OCC. The average Bonchev–Trinajstić information content (AvgIpc) is 3.06. The van der Waals surface area contributed by atoms with Gasteiger partial charge in [-0.3, -0.25) is 14.2 Å². The van der Waals surface area contributed by atoms with Gasteiger partial charge >= 0.3 is 5.69 Å². The van der Waals surface area contributed by atoms with E-state index < -0.39 is 23.4 Å². The number of nitrogens with one attached hydrogen (secondary N) is 2. The van der Waals surface area contributed by atoms with Crippen molar-refractivity contribution in [2.45, 2.75) is 26.7 Å². The van der Waals surface area contributed by atoms with Crippen molar-refractivity contribution in [2.75, 3.05) is 19.8 Å². The highest BCUT2D eigenvalue weighted by molar-refractivity contribution is 6.05. The van der Waals surface area contributed by atoms with Gasteiger partial charge in [-0.2, -0.15) is 0 Å². The summed E-state index contributed by atoms with van der Waals surface area (Å²) >= 11 is 0. The summed E-state index contributed by atoms with van der Waals surface area (Å²) in [6.45, 7) is 4.86. The zero-order valence-corrected chi connectivity index (χ0v) is 17.3. The molecule has 2 N–H and O–H groups in total. The molecule has 0 fully saturated rings. The van der Waals surface area contributed by atoms with E-state index in [1.165, 1.54) is 6.20 Å². The third kappa shape index (κ3) is 4.52. The lowest BCUT2D eigenvalue weighted by molar-refractivity contribution is -0.131. The fourth-order valence-electron chi connectivity index (χ4n) is 3.30. The van der Waals surface area contributed by atoms with Gasteiger partial charge in [-0.25, -0.2) is 4.79 Å². The number of rotatable bonds is 9. The smallest absolute Gasteiger partial charge is 0.329 e. The summed E-state index contributed by atoms with van der Waals surface area (Å²) in [6, 6.07) is 9.23. The summed E-state index contributed by atoms with van der Waals surface area (Å²) in [5.41, 5.74) is 0.467. The van der Waals surface area contributed by atoms with Crippen molar-refractivity contribution in [1.29, 1.82) is 0 Å². The highest BCUT2D eigenvalue weighted by Gasteiger charge is 2.20. The number of aromatic nitrogens is 3. The minimum Gasteiger partial charge on any atom is -0.351 e. The van der Waals surface area contributed by atoms with Crippen LogP contribution in [0.15, 0.2) is 46.1 Å². The Labute approximate surface area is 173 Å². The van der Waals surface area contributed by atoms with Gasteiger partial charge in [0.15, 0.2) is 6.29 Å². The van der Waals surface area contributed by atoms with Crippen LogP contribution in [0.25, 0.3) is 11.0 Å². The Morgan fingerprint density at radius 3 is 2.43 bits per heavy atom. The monoisotopic (exact) mass is 414 g/mol. The van der Waals surface area contributed by atoms with Crippen LogP contribution in [-0.2, 0) is 23.1 Å². The van der Waals surface area contributed by atoms with Crippen molar-refractivity contribution < 1.29 is 14.3 Å². The first kappa shape index (κ1) is 21.5. The second-order valence-corrected chi connectivity index (χ2v) is 6.73. The van der Waals surface area contributed by atoms with Crippen LogP contribution in [0.4, 0.5) is 0 Å². The van der Waals surface area contributed by atoms with Gasteiger partial charge in [-0.15, -0.1) is 0 Å². The fraction of sp³-hybridized carbons (Fsp3) is 0.381. The lowest BCUT2D eigenvalue weighted by Gasteiger charge is -2.17. The largest absolute Gasteiger partial charge is 0.351 e. The molecule has 1 amide bonds. The van der Waals surface area contributed by atoms with Crippen LogP contribution in [-0.4, -0.2) is 46.1 Å². The number of ether oxygens (including phenoxy) is 2.